The van der Waals surface area contributed by atoms with E-state index < -0.39 is 11.7 Å². The number of anilines is 1. The van der Waals surface area contributed by atoms with Crippen LogP contribution in [0.1, 0.15) is 31.9 Å². The standard InChI is InChI=1S/C13H18ClNO2/c1-8-6-9(2)11(10(14)7-8)15-12(16)17-13(3,4)5/h6-7H,1-5H3,(H,15,16). The number of rotatable bonds is 1. The van der Waals surface area contributed by atoms with E-state index in [1.165, 1.54) is 0 Å². The molecule has 0 fully saturated rings. The molecule has 94 valence electrons. The lowest BCUT2D eigenvalue weighted by atomic mass is 10.1. The van der Waals surface area contributed by atoms with Crippen molar-refractivity contribution in [3.8, 4) is 0 Å². The van der Waals surface area contributed by atoms with Crippen molar-refractivity contribution in [2.75, 3.05) is 5.32 Å². The SMILES string of the molecule is Cc1cc(C)c(NC(=O)OC(C)(C)C)c(Cl)c1. The minimum atomic E-state index is -0.519. The lowest BCUT2D eigenvalue weighted by Crippen LogP contribution is -2.27. The number of carbonyl (C=O) groups excluding carboxylic acids is 1. The molecule has 0 saturated carbocycles. The lowest BCUT2D eigenvalue weighted by molar-refractivity contribution is 0.0636. The maximum atomic E-state index is 11.6. The number of nitrogens with one attached hydrogen (secondary N) is 1. The fourth-order valence-electron chi connectivity index (χ4n) is 1.48. The number of hydrogen-bond donors (Lipinski definition) is 1. The summed E-state index contributed by atoms with van der Waals surface area (Å²) in [5.74, 6) is 0. The maximum absolute atomic E-state index is 11.6. The molecular formula is C13H18ClNO2. The number of amides is 1. The maximum Gasteiger partial charge on any atom is 0.412 e. The van der Waals surface area contributed by atoms with E-state index in [-0.39, 0.29) is 0 Å². The van der Waals surface area contributed by atoms with Crippen LogP contribution in [-0.2, 0) is 4.74 Å². The first-order valence-electron chi connectivity index (χ1n) is 5.46. The van der Waals surface area contributed by atoms with Crippen molar-refractivity contribution in [2.24, 2.45) is 0 Å². The molecule has 1 aromatic carbocycles. The van der Waals surface area contributed by atoms with E-state index in [0.717, 1.165) is 11.1 Å². The summed E-state index contributed by atoms with van der Waals surface area (Å²) >= 11 is 6.08. The molecule has 0 unspecified atom stereocenters. The fraction of sp³-hybridized carbons (Fsp3) is 0.462. The van der Waals surface area contributed by atoms with Gasteiger partial charge in [-0.15, -0.1) is 0 Å². The van der Waals surface area contributed by atoms with Gasteiger partial charge in [0.1, 0.15) is 5.60 Å². The number of hydrogen-bond acceptors (Lipinski definition) is 2. The van der Waals surface area contributed by atoms with E-state index in [1.807, 2.05) is 40.7 Å². The minimum Gasteiger partial charge on any atom is -0.444 e. The molecule has 4 heteroatoms. The van der Waals surface area contributed by atoms with Gasteiger partial charge in [-0.2, -0.15) is 0 Å². The fourth-order valence-corrected chi connectivity index (χ4v) is 1.85. The van der Waals surface area contributed by atoms with Gasteiger partial charge in [0.05, 0.1) is 10.7 Å². The van der Waals surface area contributed by atoms with Crippen LogP contribution in [0.25, 0.3) is 0 Å². The van der Waals surface area contributed by atoms with Gasteiger partial charge in [-0.1, -0.05) is 17.7 Å². The van der Waals surface area contributed by atoms with Crippen LogP contribution in [-0.4, -0.2) is 11.7 Å². The summed E-state index contributed by atoms with van der Waals surface area (Å²) < 4.78 is 5.17. The van der Waals surface area contributed by atoms with Crippen LogP contribution >= 0.6 is 11.6 Å². The summed E-state index contributed by atoms with van der Waals surface area (Å²) in [6.07, 6.45) is -0.494. The van der Waals surface area contributed by atoms with Gasteiger partial charge in [0.25, 0.3) is 0 Å². The summed E-state index contributed by atoms with van der Waals surface area (Å²) in [6, 6.07) is 3.76. The molecule has 0 aliphatic carbocycles. The van der Waals surface area contributed by atoms with Gasteiger partial charge in [-0.05, 0) is 51.8 Å². The van der Waals surface area contributed by atoms with Gasteiger partial charge in [0, 0.05) is 0 Å². The Labute approximate surface area is 107 Å². The summed E-state index contributed by atoms with van der Waals surface area (Å²) in [5.41, 5.74) is 2.06. The van der Waals surface area contributed by atoms with Crippen molar-refractivity contribution in [3.05, 3.63) is 28.3 Å². The quantitative estimate of drug-likeness (QED) is 0.812. The van der Waals surface area contributed by atoms with Crippen molar-refractivity contribution >= 4 is 23.4 Å². The molecule has 0 radical (unpaired) electrons. The monoisotopic (exact) mass is 255 g/mol. The Bertz CT molecular complexity index is 413. The Hall–Kier alpha value is -1.22. The molecule has 1 rings (SSSR count). The first kappa shape index (κ1) is 13.8. The zero-order valence-electron chi connectivity index (χ0n) is 10.8. The third-order valence-electron chi connectivity index (χ3n) is 2.06. The van der Waals surface area contributed by atoms with Crippen LogP contribution in [0.2, 0.25) is 5.02 Å². The summed E-state index contributed by atoms with van der Waals surface area (Å²) in [7, 11) is 0. The second kappa shape index (κ2) is 4.96. The average Bonchev–Trinajstić information content (AvgIpc) is 2.08. The molecule has 3 nitrogen and oxygen atoms in total. The molecule has 0 aromatic heterocycles. The molecule has 17 heavy (non-hydrogen) atoms. The third kappa shape index (κ3) is 4.27. The Balaban J connectivity index is 2.86. The Morgan fingerprint density at radius 1 is 1.29 bits per heavy atom. The number of halogens is 1. The summed E-state index contributed by atoms with van der Waals surface area (Å²) in [4.78, 5) is 11.6. The van der Waals surface area contributed by atoms with Crippen molar-refractivity contribution in [2.45, 2.75) is 40.2 Å². The predicted octanol–water partition coefficient (Wildman–Crippen LogP) is 4.30. The highest BCUT2D eigenvalue weighted by Crippen LogP contribution is 2.27. The smallest absolute Gasteiger partial charge is 0.412 e. The number of aryl methyl sites for hydroxylation is 2. The summed E-state index contributed by atoms with van der Waals surface area (Å²) in [5, 5.41) is 3.19. The first-order valence-corrected chi connectivity index (χ1v) is 5.83. The van der Waals surface area contributed by atoms with Crippen molar-refractivity contribution in [3.63, 3.8) is 0 Å². The Morgan fingerprint density at radius 2 is 1.88 bits per heavy atom. The highest BCUT2D eigenvalue weighted by atomic mass is 35.5. The molecule has 0 saturated heterocycles. The van der Waals surface area contributed by atoms with E-state index in [4.69, 9.17) is 16.3 Å². The largest absolute Gasteiger partial charge is 0.444 e. The third-order valence-corrected chi connectivity index (χ3v) is 2.36. The molecule has 1 amide bonds. The van der Waals surface area contributed by atoms with E-state index in [2.05, 4.69) is 5.32 Å². The van der Waals surface area contributed by atoms with Gasteiger partial charge >= 0.3 is 6.09 Å². The number of benzene rings is 1. The van der Waals surface area contributed by atoms with Gasteiger partial charge in [0.15, 0.2) is 0 Å². The second-order valence-corrected chi connectivity index (χ2v) is 5.47. The topological polar surface area (TPSA) is 38.3 Å². The van der Waals surface area contributed by atoms with E-state index in [0.29, 0.717) is 10.7 Å². The van der Waals surface area contributed by atoms with Crippen molar-refractivity contribution in [1.82, 2.24) is 0 Å². The zero-order valence-corrected chi connectivity index (χ0v) is 11.6. The molecule has 0 atom stereocenters. The normalized spacial score (nSPS) is 11.2. The van der Waals surface area contributed by atoms with Gasteiger partial charge in [-0.25, -0.2) is 4.79 Å². The van der Waals surface area contributed by atoms with E-state index in [9.17, 15) is 4.79 Å². The van der Waals surface area contributed by atoms with Crippen LogP contribution in [0.5, 0.6) is 0 Å². The van der Waals surface area contributed by atoms with Gasteiger partial charge < -0.3 is 4.74 Å². The van der Waals surface area contributed by atoms with Crippen molar-refractivity contribution < 1.29 is 9.53 Å². The zero-order chi connectivity index (χ0) is 13.2. The Morgan fingerprint density at radius 3 is 2.35 bits per heavy atom. The van der Waals surface area contributed by atoms with Crippen LogP contribution in [0.4, 0.5) is 10.5 Å². The predicted molar refractivity (Wildman–Crippen MR) is 70.8 cm³/mol. The first-order chi connectivity index (χ1) is 7.69. The molecule has 0 bridgehead atoms. The molecule has 0 spiro atoms. The molecule has 1 N–H and O–H groups in total. The number of ether oxygens (including phenoxy) is 1. The average molecular weight is 256 g/mol. The van der Waals surface area contributed by atoms with Crippen LogP contribution in [0, 0.1) is 13.8 Å². The van der Waals surface area contributed by atoms with Crippen LogP contribution in [0.3, 0.4) is 0 Å². The lowest BCUT2D eigenvalue weighted by Gasteiger charge is -2.20. The van der Waals surface area contributed by atoms with Crippen LogP contribution < -0.4 is 5.32 Å². The van der Waals surface area contributed by atoms with Crippen LogP contribution in [0.15, 0.2) is 12.1 Å². The van der Waals surface area contributed by atoms with E-state index >= 15 is 0 Å². The molecular weight excluding hydrogens is 238 g/mol. The minimum absolute atomic E-state index is 0.494. The van der Waals surface area contributed by atoms with E-state index in [1.54, 1.807) is 6.07 Å². The summed E-state index contributed by atoms with van der Waals surface area (Å²) in [6.45, 7) is 9.30. The molecule has 0 aliphatic heterocycles. The number of carbonyl (C=O) groups is 1. The second-order valence-electron chi connectivity index (χ2n) is 5.07. The van der Waals surface area contributed by atoms with Gasteiger partial charge in [-0.3, -0.25) is 5.32 Å². The molecule has 1 aromatic rings. The molecule has 0 aliphatic rings. The highest BCUT2D eigenvalue weighted by molar-refractivity contribution is 6.33. The molecule has 0 heterocycles. The van der Waals surface area contributed by atoms with Crippen molar-refractivity contribution in [1.29, 1.82) is 0 Å². The highest BCUT2D eigenvalue weighted by Gasteiger charge is 2.17. The Kier molecular flexibility index (Phi) is 4.04. The van der Waals surface area contributed by atoms with Gasteiger partial charge in [0.2, 0.25) is 0 Å².